The molecule has 2 aromatic rings. The number of hydrogen-bond donors (Lipinski definition) is 0. The standard InChI is InChI=1S/C19H11ClI2O4/c1-10(23)25-18-15(21)7-11(8-16(18)22)6-13-9-17(26-19(13)24)12-2-4-14(20)5-3-12/h2-9H,1H3/b13-6+. The molecule has 1 heterocycles. The summed E-state index contributed by atoms with van der Waals surface area (Å²) in [5.41, 5.74) is 2.04. The summed E-state index contributed by atoms with van der Waals surface area (Å²) in [6.45, 7) is 1.36. The molecule has 0 saturated carbocycles. The number of cyclic esters (lactones) is 1. The van der Waals surface area contributed by atoms with E-state index in [-0.39, 0.29) is 5.97 Å². The van der Waals surface area contributed by atoms with E-state index in [1.807, 2.05) is 12.1 Å². The lowest BCUT2D eigenvalue weighted by Crippen LogP contribution is -2.05. The van der Waals surface area contributed by atoms with Gasteiger partial charge < -0.3 is 9.47 Å². The fourth-order valence-corrected chi connectivity index (χ4v) is 4.49. The minimum Gasteiger partial charge on any atom is -0.424 e. The maximum absolute atomic E-state index is 12.2. The molecule has 3 rings (SSSR count). The van der Waals surface area contributed by atoms with Gasteiger partial charge in [0.05, 0.1) is 12.7 Å². The maximum atomic E-state index is 12.2. The highest BCUT2D eigenvalue weighted by Crippen LogP contribution is 2.32. The number of ether oxygens (including phenoxy) is 2. The lowest BCUT2D eigenvalue weighted by atomic mass is 10.1. The first kappa shape index (κ1) is 19.4. The highest BCUT2D eigenvalue weighted by molar-refractivity contribution is 14.1. The van der Waals surface area contributed by atoms with Gasteiger partial charge in [-0.15, -0.1) is 0 Å². The van der Waals surface area contributed by atoms with Gasteiger partial charge in [0, 0.05) is 17.5 Å². The van der Waals surface area contributed by atoms with Crippen LogP contribution in [0.25, 0.3) is 11.8 Å². The molecule has 0 amide bonds. The molecule has 0 saturated heterocycles. The average molecular weight is 593 g/mol. The quantitative estimate of drug-likeness (QED) is 0.206. The Hall–Kier alpha value is -1.39. The first-order chi connectivity index (χ1) is 12.3. The zero-order valence-electron chi connectivity index (χ0n) is 13.4. The Balaban J connectivity index is 1.93. The van der Waals surface area contributed by atoms with Crippen molar-refractivity contribution in [1.82, 2.24) is 0 Å². The Morgan fingerprint density at radius 3 is 2.35 bits per heavy atom. The molecule has 1 aliphatic heterocycles. The van der Waals surface area contributed by atoms with Gasteiger partial charge in [0.2, 0.25) is 0 Å². The van der Waals surface area contributed by atoms with Crippen LogP contribution >= 0.6 is 56.8 Å². The molecule has 0 unspecified atom stereocenters. The molecule has 132 valence electrons. The fraction of sp³-hybridized carbons (Fsp3) is 0.0526. The SMILES string of the molecule is CC(=O)Oc1c(I)cc(/C=C2\C=C(c3ccc(Cl)cc3)OC2=O)cc1I. The molecule has 0 spiro atoms. The molecule has 26 heavy (non-hydrogen) atoms. The zero-order chi connectivity index (χ0) is 18.8. The van der Waals surface area contributed by atoms with Gasteiger partial charge in [-0.2, -0.15) is 0 Å². The van der Waals surface area contributed by atoms with Crippen LogP contribution in [-0.2, 0) is 14.3 Å². The van der Waals surface area contributed by atoms with Gasteiger partial charge in [0.1, 0.15) is 5.76 Å². The number of carbonyl (C=O) groups excluding carboxylic acids is 2. The van der Waals surface area contributed by atoms with E-state index in [9.17, 15) is 9.59 Å². The number of rotatable bonds is 3. The Kier molecular flexibility index (Phi) is 6.03. The van der Waals surface area contributed by atoms with Crippen LogP contribution in [0, 0.1) is 7.14 Å². The second-order valence-electron chi connectivity index (χ2n) is 5.41. The van der Waals surface area contributed by atoms with E-state index in [1.165, 1.54) is 6.92 Å². The summed E-state index contributed by atoms with van der Waals surface area (Å²) >= 11 is 10.1. The van der Waals surface area contributed by atoms with Crippen molar-refractivity contribution in [2.75, 3.05) is 0 Å². The molecule has 2 aromatic carbocycles. The van der Waals surface area contributed by atoms with E-state index in [4.69, 9.17) is 21.1 Å². The Labute approximate surface area is 182 Å². The van der Waals surface area contributed by atoms with E-state index < -0.39 is 5.97 Å². The minimum atomic E-state index is -0.413. The second kappa shape index (κ2) is 8.10. The van der Waals surface area contributed by atoms with Gasteiger partial charge in [-0.1, -0.05) is 11.6 Å². The third kappa shape index (κ3) is 4.47. The van der Waals surface area contributed by atoms with Crippen molar-refractivity contribution in [2.24, 2.45) is 0 Å². The van der Waals surface area contributed by atoms with Crippen LogP contribution in [0.5, 0.6) is 5.75 Å². The van der Waals surface area contributed by atoms with E-state index >= 15 is 0 Å². The molecule has 1 aliphatic rings. The summed E-state index contributed by atoms with van der Waals surface area (Å²) in [4.78, 5) is 23.4. The van der Waals surface area contributed by atoms with Gasteiger partial charge >= 0.3 is 11.9 Å². The molecule has 0 aromatic heterocycles. The van der Waals surface area contributed by atoms with Crippen molar-refractivity contribution in [3.63, 3.8) is 0 Å². The number of benzene rings is 2. The van der Waals surface area contributed by atoms with Crippen LogP contribution in [0.4, 0.5) is 0 Å². The molecule has 7 heteroatoms. The van der Waals surface area contributed by atoms with Gasteiger partial charge in [-0.25, -0.2) is 4.79 Å². The first-order valence-corrected chi connectivity index (χ1v) is 9.96. The van der Waals surface area contributed by atoms with Gasteiger partial charge in [-0.05, 0) is 99.3 Å². The molecular formula is C19H11ClI2O4. The van der Waals surface area contributed by atoms with Crippen LogP contribution in [0.1, 0.15) is 18.1 Å². The topological polar surface area (TPSA) is 52.6 Å². The van der Waals surface area contributed by atoms with Crippen molar-refractivity contribution in [2.45, 2.75) is 6.92 Å². The van der Waals surface area contributed by atoms with Crippen molar-refractivity contribution < 1.29 is 19.1 Å². The number of halogens is 3. The summed E-state index contributed by atoms with van der Waals surface area (Å²) in [5.74, 6) is 0.219. The minimum absolute atomic E-state index is 0.373. The van der Waals surface area contributed by atoms with Crippen LogP contribution in [0.2, 0.25) is 5.02 Å². The predicted molar refractivity (Wildman–Crippen MR) is 117 cm³/mol. The van der Waals surface area contributed by atoms with Crippen molar-refractivity contribution >= 4 is 80.6 Å². The number of esters is 2. The lowest BCUT2D eigenvalue weighted by molar-refractivity contribution is -0.132. The highest BCUT2D eigenvalue weighted by Gasteiger charge is 2.22. The normalized spacial score (nSPS) is 15.0. The highest BCUT2D eigenvalue weighted by atomic mass is 127. The smallest absolute Gasteiger partial charge is 0.343 e. The number of carbonyl (C=O) groups is 2. The zero-order valence-corrected chi connectivity index (χ0v) is 18.5. The predicted octanol–water partition coefficient (Wildman–Crippen LogP) is 5.46. The molecule has 0 atom stereocenters. The van der Waals surface area contributed by atoms with E-state index in [0.717, 1.165) is 18.3 Å². The van der Waals surface area contributed by atoms with Crippen LogP contribution < -0.4 is 4.74 Å². The fourth-order valence-electron chi connectivity index (χ4n) is 2.33. The largest absolute Gasteiger partial charge is 0.424 e. The average Bonchev–Trinajstić information content (AvgIpc) is 2.92. The summed E-state index contributed by atoms with van der Waals surface area (Å²) in [7, 11) is 0. The van der Waals surface area contributed by atoms with E-state index in [1.54, 1.807) is 36.4 Å². The molecule has 0 aliphatic carbocycles. The van der Waals surface area contributed by atoms with Gasteiger partial charge in [0.25, 0.3) is 0 Å². The molecule has 0 bridgehead atoms. The van der Waals surface area contributed by atoms with Gasteiger partial charge in [-0.3, -0.25) is 4.79 Å². The first-order valence-electron chi connectivity index (χ1n) is 7.42. The van der Waals surface area contributed by atoms with Crippen LogP contribution in [0.15, 0.2) is 48.0 Å². The van der Waals surface area contributed by atoms with E-state index in [2.05, 4.69) is 45.2 Å². The maximum Gasteiger partial charge on any atom is 0.343 e. The monoisotopic (exact) mass is 592 g/mol. The summed E-state index contributed by atoms with van der Waals surface area (Å²) in [5, 5.41) is 0.617. The Morgan fingerprint density at radius 1 is 1.15 bits per heavy atom. The van der Waals surface area contributed by atoms with Crippen molar-refractivity contribution in [3.8, 4) is 5.75 Å². The summed E-state index contributed by atoms with van der Waals surface area (Å²) in [6.07, 6.45) is 3.44. The Morgan fingerprint density at radius 2 is 1.77 bits per heavy atom. The summed E-state index contributed by atoms with van der Waals surface area (Å²) < 4.78 is 12.1. The van der Waals surface area contributed by atoms with Crippen LogP contribution in [-0.4, -0.2) is 11.9 Å². The third-order valence-corrected chi connectivity index (χ3v) is 5.30. The molecule has 0 fully saturated rings. The second-order valence-corrected chi connectivity index (χ2v) is 8.17. The molecular weight excluding hydrogens is 581 g/mol. The number of hydrogen-bond acceptors (Lipinski definition) is 4. The Bertz CT molecular complexity index is 939. The van der Waals surface area contributed by atoms with Gasteiger partial charge in [0.15, 0.2) is 5.75 Å². The summed E-state index contributed by atoms with van der Waals surface area (Å²) in [6, 6.07) is 10.8. The van der Waals surface area contributed by atoms with E-state index in [0.29, 0.717) is 22.1 Å². The van der Waals surface area contributed by atoms with Crippen molar-refractivity contribution in [1.29, 1.82) is 0 Å². The van der Waals surface area contributed by atoms with Crippen LogP contribution in [0.3, 0.4) is 0 Å². The van der Waals surface area contributed by atoms with Crippen molar-refractivity contribution in [3.05, 3.63) is 71.3 Å². The molecule has 0 radical (unpaired) electrons. The lowest BCUT2D eigenvalue weighted by Gasteiger charge is -2.08. The molecule has 0 N–H and O–H groups in total. The third-order valence-electron chi connectivity index (χ3n) is 3.44. The molecule has 4 nitrogen and oxygen atoms in total.